The first kappa shape index (κ1) is 21.0. The van der Waals surface area contributed by atoms with E-state index < -0.39 is 5.97 Å². The van der Waals surface area contributed by atoms with Crippen molar-refractivity contribution >= 4 is 28.9 Å². The van der Waals surface area contributed by atoms with Crippen molar-refractivity contribution in [3.63, 3.8) is 0 Å². The van der Waals surface area contributed by atoms with Gasteiger partial charge in [-0.05, 0) is 47.2 Å². The highest BCUT2D eigenvalue weighted by molar-refractivity contribution is 7.18. The number of likely N-dealkylation sites (tertiary alicyclic amines) is 1. The van der Waals surface area contributed by atoms with E-state index >= 15 is 0 Å². The number of carboxylic acids is 1. The van der Waals surface area contributed by atoms with Crippen molar-refractivity contribution < 1.29 is 9.90 Å². The van der Waals surface area contributed by atoms with Gasteiger partial charge in [-0.25, -0.2) is 4.98 Å². The van der Waals surface area contributed by atoms with Crippen LogP contribution in [-0.2, 0) is 11.3 Å². The third-order valence-corrected chi connectivity index (χ3v) is 7.13. The topological polar surface area (TPSA) is 53.4 Å². The molecular weight excluding hydrogens is 416 g/mol. The average molecular weight is 441 g/mol. The van der Waals surface area contributed by atoms with Crippen LogP contribution >= 0.6 is 22.9 Å². The lowest BCUT2D eigenvalue weighted by atomic mass is 9.98. The molecule has 0 aliphatic carbocycles. The summed E-state index contributed by atoms with van der Waals surface area (Å²) in [6.45, 7) is 8.44. The molecule has 4 rings (SSSR count). The number of carboxylic acid groups (broad SMARTS) is 1. The highest BCUT2D eigenvalue weighted by Gasteiger charge is 2.32. The monoisotopic (exact) mass is 440 g/mol. The highest BCUT2D eigenvalue weighted by Crippen LogP contribution is 2.36. The molecule has 0 amide bonds. The molecule has 1 fully saturated rings. The van der Waals surface area contributed by atoms with Gasteiger partial charge in [0.2, 0.25) is 0 Å². The lowest BCUT2D eigenvalue weighted by Gasteiger charge is -2.36. The number of aryl methyl sites for hydroxylation is 1. The minimum Gasteiger partial charge on any atom is -0.481 e. The summed E-state index contributed by atoms with van der Waals surface area (Å²) in [4.78, 5) is 18.9. The molecule has 1 aliphatic heterocycles. The Labute approximate surface area is 186 Å². The van der Waals surface area contributed by atoms with E-state index in [-0.39, 0.29) is 5.92 Å². The van der Waals surface area contributed by atoms with E-state index in [1.807, 2.05) is 12.3 Å². The van der Waals surface area contributed by atoms with E-state index in [4.69, 9.17) is 16.7 Å². The van der Waals surface area contributed by atoms with Crippen LogP contribution in [0.15, 0.2) is 42.6 Å². The van der Waals surface area contributed by atoms with Crippen LogP contribution in [0.4, 0.5) is 0 Å². The first-order chi connectivity index (χ1) is 14.3. The van der Waals surface area contributed by atoms with Crippen molar-refractivity contribution in [2.45, 2.75) is 33.2 Å². The molecule has 0 atom stereocenters. The van der Waals surface area contributed by atoms with E-state index in [1.165, 1.54) is 11.1 Å². The maximum absolute atomic E-state index is 11.0. The maximum atomic E-state index is 11.0. The molecule has 0 unspecified atom stereocenters. The highest BCUT2D eigenvalue weighted by atomic mass is 35.5. The van der Waals surface area contributed by atoms with Gasteiger partial charge in [-0.15, -0.1) is 11.3 Å². The summed E-state index contributed by atoms with van der Waals surface area (Å²) < 4.78 is 0. The zero-order valence-electron chi connectivity index (χ0n) is 17.4. The zero-order valence-corrected chi connectivity index (χ0v) is 18.9. The molecule has 0 bridgehead atoms. The number of halogens is 1. The molecular formula is C24H25ClN2O2S. The Morgan fingerprint density at radius 2 is 1.97 bits per heavy atom. The molecule has 156 valence electrons. The Hall–Kier alpha value is -2.21. The number of nitrogens with zero attached hydrogens (tertiary/aromatic N) is 2. The first-order valence-electron chi connectivity index (χ1n) is 10.1. The molecule has 1 N–H and O–H groups in total. The van der Waals surface area contributed by atoms with Crippen LogP contribution in [0.1, 0.15) is 36.5 Å². The summed E-state index contributed by atoms with van der Waals surface area (Å²) in [5.74, 6) is -0.518. The number of aromatic nitrogens is 1. The van der Waals surface area contributed by atoms with Crippen LogP contribution in [0, 0.1) is 12.8 Å². The number of aliphatic carboxylic acids is 1. The molecule has 4 nitrogen and oxygen atoms in total. The van der Waals surface area contributed by atoms with Crippen molar-refractivity contribution in [1.82, 2.24) is 9.88 Å². The van der Waals surface area contributed by atoms with E-state index in [0.29, 0.717) is 19.0 Å². The quantitative estimate of drug-likeness (QED) is 0.504. The second-order valence-corrected chi connectivity index (χ2v) is 9.73. The van der Waals surface area contributed by atoms with Crippen molar-refractivity contribution in [1.29, 1.82) is 0 Å². The Bertz CT molecular complexity index is 1090. The average Bonchev–Trinajstić information content (AvgIpc) is 3.14. The number of hydrogen-bond donors (Lipinski definition) is 1. The molecule has 6 heteroatoms. The standard InChI is InChI=1S/C24H25ClN2O2S/c1-14(2)20-7-6-16(9-21(20)25)22-10-26-23(30-22)17-4-5-18(15(3)8-17)11-27-12-19(13-27)24(28)29/h4-10,14,19H,11-13H2,1-3H3,(H,28,29). The largest absolute Gasteiger partial charge is 0.481 e. The van der Waals surface area contributed by atoms with Gasteiger partial charge >= 0.3 is 5.97 Å². The first-order valence-corrected chi connectivity index (χ1v) is 11.3. The van der Waals surface area contributed by atoms with Crippen LogP contribution in [0.2, 0.25) is 5.02 Å². The van der Waals surface area contributed by atoms with Gasteiger partial charge in [-0.1, -0.05) is 49.7 Å². The number of rotatable bonds is 6. The van der Waals surface area contributed by atoms with Crippen LogP contribution < -0.4 is 0 Å². The molecule has 0 saturated carbocycles. The predicted octanol–water partition coefficient (Wildman–Crippen LogP) is 6.08. The Balaban J connectivity index is 1.49. The lowest BCUT2D eigenvalue weighted by Crippen LogP contribution is -2.49. The fraction of sp³-hybridized carbons (Fsp3) is 0.333. The van der Waals surface area contributed by atoms with Crippen molar-refractivity contribution in [3.05, 3.63) is 64.3 Å². The molecule has 1 saturated heterocycles. The van der Waals surface area contributed by atoms with E-state index in [1.54, 1.807) is 11.3 Å². The number of carbonyl (C=O) groups is 1. The van der Waals surface area contributed by atoms with Crippen LogP contribution in [0.5, 0.6) is 0 Å². The summed E-state index contributed by atoms with van der Waals surface area (Å²) in [5.41, 5.74) is 5.78. The minimum absolute atomic E-state index is 0.221. The molecule has 0 spiro atoms. The number of hydrogen-bond acceptors (Lipinski definition) is 4. The van der Waals surface area contributed by atoms with E-state index in [0.717, 1.165) is 38.1 Å². The van der Waals surface area contributed by atoms with Gasteiger partial charge in [0.15, 0.2) is 0 Å². The van der Waals surface area contributed by atoms with Gasteiger partial charge in [0.25, 0.3) is 0 Å². The maximum Gasteiger partial charge on any atom is 0.309 e. The van der Waals surface area contributed by atoms with Crippen LogP contribution in [0.25, 0.3) is 21.0 Å². The number of thiazole rings is 1. The van der Waals surface area contributed by atoms with E-state index in [9.17, 15) is 4.79 Å². The van der Waals surface area contributed by atoms with Gasteiger partial charge in [0.1, 0.15) is 5.01 Å². The van der Waals surface area contributed by atoms with Crippen LogP contribution in [-0.4, -0.2) is 34.0 Å². The lowest BCUT2D eigenvalue weighted by molar-refractivity contribution is -0.147. The molecule has 2 heterocycles. The number of benzene rings is 2. The van der Waals surface area contributed by atoms with Gasteiger partial charge in [-0.2, -0.15) is 0 Å². The summed E-state index contributed by atoms with van der Waals surface area (Å²) in [5, 5.41) is 10.8. The molecule has 1 aliphatic rings. The zero-order chi connectivity index (χ0) is 21.4. The smallest absolute Gasteiger partial charge is 0.309 e. The second kappa shape index (κ2) is 8.50. The third kappa shape index (κ3) is 4.29. The Morgan fingerprint density at radius 3 is 2.60 bits per heavy atom. The summed E-state index contributed by atoms with van der Waals surface area (Å²) in [7, 11) is 0. The fourth-order valence-corrected chi connectivity index (χ4v) is 5.10. The van der Waals surface area contributed by atoms with Crippen molar-refractivity contribution in [3.8, 4) is 21.0 Å². The third-order valence-electron chi connectivity index (χ3n) is 5.70. The molecule has 1 aromatic heterocycles. The SMILES string of the molecule is Cc1cc(-c2ncc(-c3ccc(C(C)C)c(Cl)c3)s2)ccc1CN1CC(C(=O)O)C1. The Kier molecular flexibility index (Phi) is 5.96. The molecule has 2 aromatic carbocycles. The fourth-order valence-electron chi connectivity index (χ4n) is 3.79. The van der Waals surface area contributed by atoms with E-state index in [2.05, 4.69) is 61.0 Å². The molecule has 0 radical (unpaired) electrons. The summed E-state index contributed by atoms with van der Waals surface area (Å²) in [6, 6.07) is 12.7. The van der Waals surface area contributed by atoms with Gasteiger partial charge in [-0.3, -0.25) is 9.69 Å². The molecule has 3 aromatic rings. The summed E-state index contributed by atoms with van der Waals surface area (Å²) in [6.07, 6.45) is 1.91. The van der Waals surface area contributed by atoms with Crippen LogP contribution in [0.3, 0.4) is 0 Å². The van der Waals surface area contributed by atoms with Crippen molar-refractivity contribution in [2.24, 2.45) is 5.92 Å². The normalized spacial score (nSPS) is 14.8. The summed E-state index contributed by atoms with van der Waals surface area (Å²) >= 11 is 8.13. The molecule has 30 heavy (non-hydrogen) atoms. The predicted molar refractivity (Wildman–Crippen MR) is 123 cm³/mol. The van der Waals surface area contributed by atoms with Gasteiger partial charge in [0, 0.05) is 36.4 Å². The van der Waals surface area contributed by atoms with Crippen molar-refractivity contribution in [2.75, 3.05) is 13.1 Å². The van der Waals surface area contributed by atoms with Gasteiger partial charge < -0.3 is 5.11 Å². The minimum atomic E-state index is -0.696. The van der Waals surface area contributed by atoms with Gasteiger partial charge in [0.05, 0.1) is 10.8 Å². The Morgan fingerprint density at radius 1 is 1.23 bits per heavy atom. The second-order valence-electron chi connectivity index (χ2n) is 8.29.